The molecule has 0 saturated heterocycles. The highest BCUT2D eigenvalue weighted by Gasteiger charge is 2.09. The molecule has 2 aromatic carbocycles. The van der Waals surface area contributed by atoms with Gasteiger partial charge >= 0.3 is 5.97 Å². The van der Waals surface area contributed by atoms with Gasteiger partial charge in [0.25, 0.3) is 0 Å². The molecule has 0 aliphatic heterocycles. The Morgan fingerprint density at radius 3 is 2.42 bits per heavy atom. The van der Waals surface area contributed by atoms with Crippen LogP contribution in [-0.4, -0.2) is 5.97 Å². The van der Waals surface area contributed by atoms with E-state index in [0.717, 1.165) is 6.42 Å². The number of esters is 1. The third-order valence-corrected chi connectivity index (χ3v) is 4.72. The number of rotatable bonds is 8. The summed E-state index contributed by atoms with van der Waals surface area (Å²) >= 11 is 10.2. The molecule has 0 spiro atoms. The molecule has 0 unspecified atom stereocenters. The van der Waals surface area contributed by atoms with Gasteiger partial charge < -0.3 is 4.74 Å². The molecule has 2 rings (SSSR count). The molecule has 0 fully saturated rings. The second-order valence-corrected chi connectivity index (χ2v) is 6.75. The predicted molar refractivity (Wildman–Crippen MR) is 103 cm³/mol. The van der Waals surface area contributed by atoms with Crippen molar-refractivity contribution in [2.24, 2.45) is 0 Å². The highest BCUT2D eigenvalue weighted by Crippen LogP contribution is 2.25. The van der Waals surface area contributed by atoms with Crippen LogP contribution in [0.25, 0.3) is 0 Å². The number of carbonyl (C=O) groups is 1. The van der Waals surface area contributed by atoms with Crippen LogP contribution in [-0.2, 0) is 6.42 Å². The van der Waals surface area contributed by atoms with Crippen LogP contribution in [0.1, 0.15) is 54.9 Å². The lowest BCUT2D eigenvalue weighted by atomic mass is 10.0. The summed E-state index contributed by atoms with van der Waals surface area (Å²) in [6, 6.07) is 12.6. The fourth-order valence-corrected chi connectivity index (χ4v) is 2.77. The molecule has 0 heterocycles. The van der Waals surface area contributed by atoms with E-state index >= 15 is 0 Å². The molecule has 0 saturated carbocycles. The first-order valence-electron chi connectivity index (χ1n) is 8.40. The minimum absolute atomic E-state index is 0.382. The van der Waals surface area contributed by atoms with E-state index in [4.69, 9.17) is 16.3 Å². The van der Waals surface area contributed by atoms with Gasteiger partial charge in [0.05, 0.1) is 10.6 Å². The number of thiol groups is 1. The van der Waals surface area contributed by atoms with Crippen LogP contribution < -0.4 is 4.74 Å². The smallest absolute Gasteiger partial charge is 0.343 e. The van der Waals surface area contributed by atoms with E-state index in [1.165, 1.54) is 37.7 Å². The highest BCUT2D eigenvalue weighted by molar-refractivity contribution is 7.80. The van der Waals surface area contributed by atoms with Crippen LogP contribution in [0, 0.1) is 0 Å². The fraction of sp³-hybridized carbons (Fsp3) is 0.350. The van der Waals surface area contributed by atoms with E-state index < -0.39 is 0 Å². The molecule has 2 nitrogen and oxygen atoms in total. The Labute approximate surface area is 154 Å². The highest BCUT2D eigenvalue weighted by atomic mass is 35.5. The molecule has 0 aliphatic rings. The number of aryl methyl sites for hydroxylation is 1. The van der Waals surface area contributed by atoms with Crippen molar-refractivity contribution in [2.45, 2.75) is 50.3 Å². The minimum Gasteiger partial charge on any atom is -0.423 e. The first-order chi connectivity index (χ1) is 11.6. The van der Waals surface area contributed by atoms with Crippen molar-refractivity contribution in [3.05, 3.63) is 58.6 Å². The van der Waals surface area contributed by atoms with Crippen LogP contribution in [0.5, 0.6) is 5.75 Å². The van der Waals surface area contributed by atoms with Crippen LogP contribution in [0.4, 0.5) is 0 Å². The summed E-state index contributed by atoms with van der Waals surface area (Å²) < 4.78 is 5.34. The molecule has 4 heteroatoms. The lowest BCUT2D eigenvalue weighted by molar-refractivity contribution is 0.0734. The first-order valence-corrected chi connectivity index (χ1v) is 9.22. The minimum atomic E-state index is -0.382. The number of hydrogen-bond donors (Lipinski definition) is 1. The lowest BCUT2D eigenvalue weighted by Gasteiger charge is -2.07. The van der Waals surface area contributed by atoms with Gasteiger partial charge in [-0.05, 0) is 42.7 Å². The van der Waals surface area contributed by atoms with E-state index in [1.54, 1.807) is 18.2 Å². The molecule has 24 heavy (non-hydrogen) atoms. The normalized spacial score (nSPS) is 10.6. The van der Waals surface area contributed by atoms with Crippen LogP contribution in [0.3, 0.4) is 0 Å². The van der Waals surface area contributed by atoms with Gasteiger partial charge in [0.2, 0.25) is 0 Å². The van der Waals surface area contributed by atoms with Crippen LogP contribution in [0.2, 0.25) is 5.02 Å². The zero-order valence-electron chi connectivity index (χ0n) is 13.9. The van der Waals surface area contributed by atoms with Gasteiger partial charge in [-0.1, -0.05) is 56.3 Å². The van der Waals surface area contributed by atoms with Gasteiger partial charge in [0.1, 0.15) is 5.75 Å². The first kappa shape index (κ1) is 18.9. The zero-order chi connectivity index (χ0) is 17.4. The maximum absolute atomic E-state index is 12.2. The standard InChI is InChI=1S/C20H23ClO2S/c1-2-3-4-5-6-7-15-8-10-16(11-9-15)20(22)23-17-12-13-19(24)18(21)14-17/h8-14,24H,2-7H2,1H3. The zero-order valence-corrected chi connectivity index (χ0v) is 15.6. The fourth-order valence-electron chi connectivity index (χ4n) is 2.46. The molecule has 0 aromatic heterocycles. The van der Waals surface area contributed by atoms with E-state index in [2.05, 4.69) is 19.6 Å². The van der Waals surface area contributed by atoms with Gasteiger partial charge in [-0.2, -0.15) is 0 Å². The Bertz CT molecular complexity index is 668. The maximum Gasteiger partial charge on any atom is 0.343 e. The monoisotopic (exact) mass is 362 g/mol. The molecule has 0 N–H and O–H groups in total. The molecular formula is C20H23ClO2S. The third kappa shape index (κ3) is 5.88. The summed E-state index contributed by atoms with van der Waals surface area (Å²) in [5, 5.41) is 0.460. The number of carbonyl (C=O) groups excluding carboxylic acids is 1. The average Bonchev–Trinajstić information content (AvgIpc) is 2.58. The summed E-state index contributed by atoms with van der Waals surface area (Å²) in [6.07, 6.45) is 7.38. The topological polar surface area (TPSA) is 26.3 Å². The second-order valence-electron chi connectivity index (χ2n) is 5.86. The van der Waals surface area contributed by atoms with Crippen molar-refractivity contribution in [2.75, 3.05) is 0 Å². The largest absolute Gasteiger partial charge is 0.423 e. The summed E-state index contributed by atoms with van der Waals surface area (Å²) in [6.45, 7) is 2.22. The van der Waals surface area contributed by atoms with Gasteiger partial charge in [0.15, 0.2) is 0 Å². The third-order valence-electron chi connectivity index (χ3n) is 3.89. The molecule has 0 bridgehead atoms. The summed E-state index contributed by atoms with van der Waals surface area (Å²) in [5.74, 6) is 0.0373. The van der Waals surface area contributed by atoms with E-state index in [-0.39, 0.29) is 5.97 Å². The SMILES string of the molecule is CCCCCCCc1ccc(C(=O)Oc2ccc(S)c(Cl)c2)cc1. The number of unbranched alkanes of at least 4 members (excludes halogenated alkanes) is 4. The molecule has 0 amide bonds. The molecule has 2 aromatic rings. The van der Waals surface area contributed by atoms with Crippen molar-refractivity contribution < 1.29 is 9.53 Å². The molecule has 0 radical (unpaired) electrons. The van der Waals surface area contributed by atoms with Crippen LogP contribution >= 0.6 is 24.2 Å². The number of ether oxygens (including phenoxy) is 1. The van der Waals surface area contributed by atoms with Crippen molar-refractivity contribution in [3.8, 4) is 5.75 Å². The van der Waals surface area contributed by atoms with Crippen molar-refractivity contribution in [3.63, 3.8) is 0 Å². The Kier molecular flexibility index (Phi) is 7.67. The molecule has 128 valence electrons. The van der Waals surface area contributed by atoms with E-state index in [1.807, 2.05) is 24.3 Å². The lowest BCUT2D eigenvalue weighted by Crippen LogP contribution is -2.08. The van der Waals surface area contributed by atoms with Gasteiger partial charge in [0, 0.05) is 11.0 Å². The molecular weight excluding hydrogens is 340 g/mol. The van der Waals surface area contributed by atoms with E-state index in [9.17, 15) is 4.79 Å². The predicted octanol–water partition coefficient (Wildman–Crippen LogP) is 6.36. The van der Waals surface area contributed by atoms with Gasteiger partial charge in [-0.15, -0.1) is 12.6 Å². The Balaban J connectivity index is 1.87. The van der Waals surface area contributed by atoms with Crippen molar-refractivity contribution in [1.82, 2.24) is 0 Å². The number of halogens is 1. The summed E-state index contributed by atoms with van der Waals surface area (Å²) in [7, 11) is 0. The molecule has 0 aliphatic carbocycles. The Morgan fingerprint density at radius 1 is 1.04 bits per heavy atom. The Hall–Kier alpha value is -1.45. The van der Waals surface area contributed by atoms with Crippen molar-refractivity contribution in [1.29, 1.82) is 0 Å². The quantitative estimate of drug-likeness (QED) is 0.256. The number of hydrogen-bond acceptors (Lipinski definition) is 3. The maximum atomic E-state index is 12.2. The van der Waals surface area contributed by atoms with Gasteiger partial charge in [-0.25, -0.2) is 4.79 Å². The summed E-state index contributed by atoms with van der Waals surface area (Å²) in [4.78, 5) is 12.8. The average molecular weight is 363 g/mol. The van der Waals surface area contributed by atoms with Crippen molar-refractivity contribution >= 4 is 30.2 Å². The van der Waals surface area contributed by atoms with E-state index in [0.29, 0.717) is 21.2 Å². The number of benzene rings is 2. The summed E-state index contributed by atoms with van der Waals surface area (Å²) in [5.41, 5.74) is 1.79. The van der Waals surface area contributed by atoms with Gasteiger partial charge in [-0.3, -0.25) is 0 Å². The Morgan fingerprint density at radius 2 is 1.75 bits per heavy atom. The molecule has 0 atom stereocenters. The second kappa shape index (κ2) is 9.75. The van der Waals surface area contributed by atoms with Crippen LogP contribution in [0.15, 0.2) is 47.4 Å².